The Morgan fingerprint density at radius 1 is 1.19 bits per heavy atom. The van der Waals surface area contributed by atoms with E-state index in [-0.39, 0.29) is 18.3 Å². The van der Waals surface area contributed by atoms with Gasteiger partial charge in [0.1, 0.15) is 5.78 Å². The van der Waals surface area contributed by atoms with Gasteiger partial charge >= 0.3 is 5.97 Å². The molecule has 0 bridgehead atoms. The van der Waals surface area contributed by atoms with Crippen molar-refractivity contribution in [2.75, 3.05) is 0 Å². The number of rotatable bonds is 8. The van der Waals surface area contributed by atoms with Gasteiger partial charge in [-0.3, -0.25) is 9.59 Å². The molecular weight excluding hydrogens is 328 g/mol. The number of carboxylic acid groups (broad SMARTS) is 1. The molecular formula is C22H28O4. The van der Waals surface area contributed by atoms with E-state index in [9.17, 15) is 14.7 Å². The summed E-state index contributed by atoms with van der Waals surface area (Å²) in [6, 6.07) is 8.21. The Kier molecular flexibility index (Phi) is 5.92. The number of unbranched alkanes of at least 4 members (excludes halogenated alkanes) is 1. The second-order valence-electron chi connectivity index (χ2n) is 7.72. The molecule has 0 spiro atoms. The van der Waals surface area contributed by atoms with Crippen LogP contribution in [0, 0.1) is 5.92 Å². The molecule has 0 radical (unpaired) electrons. The molecule has 0 saturated heterocycles. The summed E-state index contributed by atoms with van der Waals surface area (Å²) in [5.74, 6) is -0.175. The zero-order valence-electron chi connectivity index (χ0n) is 15.2. The van der Waals surface area contributed by atoms with Crippen LogP contribution in [0.2, 0.25) is 0 Å². The maximum Gasteiger partial charge on any atom is 0.303 e. The third kappa shape index (κ3) is 4.24. The average molecular weight is 356 g/mol. The van der Waals surface area contributed by atoms with Crippen molar-refractivity contribution < 1.29 is 19.8 Å². The van der Waals surface area contributed by atoms with Gasteiger partial charge in [0.05, 0.1) is 5.60 Å². The second-order valence-corrected chi connectivity index (χ2v) is 7.72. The fourth-order valence-electron chi connectivity index (χ4n) is 4.18. The van der Waals surface area contributed by atoms with E-state index in [2.05, 4.69) is 12.1 Å². The summed E-state index contributed by atoms with van der Waals surface area (Å²) in [4.78, 5) is 22.8. The average Bonchev–Trinajstić information content (AvgIpc) is 2.96. The van der Waals surface area contributed by atoms with E-state index in [0.29, 0.717) is 18.6 Å². The maximum absolute atomic E-state index is 12.3. The summed E-state index contributed by atoms with van der Waals surface area (Å²) in [6.07, 6.45) is 10.6. The van der Waals surface area contributed by atoms with E-state index in [1.165, 1.54) is 5.56 Å². The molecule has 2 fully saturated rings. The first-order valence-electron chi connectivity index (χ1n) is 9.72. The molecule has 0 unspecified atom stereocenters. The predicted octanol–water partition coefficient (Wildman–Crippen LogP) is 4.32. The highest BCUT2D eigenvalue weighted by Gasteiger charge is 2.37. The van der Waals surface area contributed by atoms with Crippen LogP contribution in [0.3, 0.4) is 0 Å². The molecule has 0 heterocycles. The van der Waals surface area contributed by atoms with Crippen molar-refractivity contribution in [1.82, 2.24) is 0 Å². The van der Waals surface area contributed by atoms with Crippen LogP contribution < -0.4 is 0 Å². The first-order valence-corrected chi connectivity index (χ1v) is 9.72. The highest BCUT2D eigenvalue weighted by atomic mass is 16.4. The van der Waals surface area contributed by atoms with Crippen molar-refractivity contribution >= 4 is 11.8 Å². The lowest BCUT2D eigenvalue weighted by molar-refractivity contribution is -0.137. The maximum atomic E-state index is 12.3. The number of carbonyl (C=O) groups excluding carboxylic acids is 1. The van der Waals surface area contributed by atoms with Crippen molar-refractivity contribution in [3.05, 3.63) is 47.5 Å². The Labute approximate surface area is 154 Å². The van der Waals surface area contributed by atoms with E-state index in [1.807, 2.05) is 24.3 Å². The minimum Gasteiger partial charge on any atom is -0.481 e. The third-order valence-corrected chi connectivity index (χ3v) is 5.98. The van der Waals surface area contributed by atoms with Crippen LogP contribution in [0.5, 0.6) is 0 Å². The quantitative estimate of drug-likeness (QED) is 0.537. The molecule has 2 aliphatic rings. The zero-order chi connectivity index (χ0) is 18.6. The second kappa shape index (κ2) is 8.17. The number of carboxylic acids is 1. The molecule has 2 aliphatic carbocycles. The van der Waals surface area contributed by atoms with Gasteiger partial charge in [-0.15, -0.1) is 0 Å². The normalized spacial score (nSPS) is 24.7. The zero-order valence-corrected chi connectivity index (χ0v) is 15.2. The number of carbonyl (C=O) groups is 2. The van der Waals surface area contributed by atoms with Crippen molar-refractivity contribution in [2.24, 2.45) is 5.92 Å². The van der Waals surface area contributed by atoms with Gasteiger partial charge < -0.3 is 10.2 Å². The SMILES string of the molecule is O=C(O)CCC/C=C\C[C@H]1C(=O)CC[C@@H]1c1ccc(C2(O)CCC2)cc1. The van der Waals surface area contributed by atoms with Gasteiger partial charge in [0, 0.05) is 18.8 Å². The molecule has 3 rings (SSSR count). The number of allylic oxidation sites excluding steroid dienone is 2. The lowest BCUT2D eigenvalue weighted by Crippen LogP contribution is -2.33. The number of benzene rings is 1. The van der Waals surface area contributed by atoms with Crippen LogP contribution >= 0.6 is 0 Å². The van der Waals surface area contributed by atoms with Gasteiger partial charge in [-0.05, 0) is 62.0 Å². The number of ketones is 1. The van der Waals surface area contributed by atoms with Gasteiger partial charge in [-0.2, -0.15) is 0 Å². The summed E-state index contributed by atoms with van der Waals surface area (Å²) in [7, 11) is 0. The molecule has 1 aromatic rings. The van der Waals surface area contributed by atoms with Crippen LogP contribution in [0.25, 0.3) is 0 Å². The lowest BCUT2D eigenvalue weighted by atomic mass is 9.74. The Morgan fingerprint density at radius 3 is 2.54 bits per heavy atom. The molecule has 0 aliphatic heterocycles. The Hall–Kier alpha value is -1.94. The minimum absolute atomic E-state index is 0.0170. The third-order valence-electron chi connectivity index (χ3n) is 5.98. The van der Waals surface area contributed by atoms with Crippen LogP contribution in [0.1, 0.15) is 74.8 Å². The number of aliphatic carboxylic acids is 1. The molecule has 2 atom stereocenters. The fraction of sp³-hybridized carbons (Fsp3) is 0.545. The molecule has 0 aromatic heterocycles. The van der Waals surface area contributed by atoms with Crippen LogP contribution in [-0.2, 0) is 15.2 Å². The highest BCUT2D eigenvalue weighted by Crippen LogP contribution is 2.43. The van der Waals surface area contributed by atoms with E-state index in [1.54, 1.807) is 0 Å². The molecule has 140 valence electrons. The van der Waals surface area contributed by atoms with E-state index >= 15 is 0 Å². The molecule has 0 amide bonds. The summed E-state index contributed by atoms with van der Waals surface area (Å²) in [5, 5.41) is 19.1. The molecule has 2 N–H and O–H groups in total. The number of hydrogen-bond acceptors (Lipinski definition) is 3. The molecule has 4 nitrogen and oxygen atoms in total. The predicted molar refractivity (Wildman–Crippen MR) is 99.9 cm³/mol. The lowest BCUT2D eigenvalue weighted by Gasteiger charge is -2.37. The van der Waals surface area contributed by atoms with E-state index in [0.717, 1.165) is 44.1 Å². The van der Waals surface area contributed by atoms with Gasteiger partial charge in [-0.1, -0.05) is 36.4 Å². The largest absolute Gasteiger partial charge is 0.481 e. The summed E-state index contributed by atoms with van der Waals surface area (Å²) >= 11 is 0. The highest BCUT2D eigenvalue weighted by molar-refractivity contribution is 5.84. The molecule has 26 heavy (non-hydrogen) atoms. The van der Waals surface area contributed by atoms with Crippen molar-refractivity contribution in [3.63, 3.8) is 0 Å². The first kappa shape index (κ1) is 18.8. The van der Waals surface area contributed by atoms with Crippen molar-refractivity contribution in [3.8, 4) is 0 Å². The van der Waals surface area contributed by atoms with Crippen LogP contribution in [0.15, 0.2) is 36.4 Å². The van der Waals surface area contributed by atoms with Crippen LogP contribution in [-0.4, -0.2) is 22.0 Å². The fourth-order valence-corrected chi connectivity index (χ4v) is 4.18. The Balaban J connectivity index is 1.58. The standard InChI is InChI=1S/C22H28O4/c23-20-13-12-18(19(20)6-3-1-2-4-7-21(24)25)16-8-10-17(11-9-16)22(26)14-5-15-22/h1,3,8-11,18-19,26H,2,4-7,12-15H2,(H,24,25)/b3-1-/t18-,19-/m1/s1. The van der Waals surface area contributed by atoms with Gasteiger partial charge in [-0.25, -0.2) is 0 Å². The summed E-state index contributed by atoms with van der Waals surface area (Å²) in [5.41, 5.74) is 1.54. The van der Waals surface area contributed by atoms with Gasteiger partial charge in [0.15, 0.2) is 0 Å². The number of Topliss-reactive ketones (excluding diaryl/α,β-unsaturated/α-hetero) is 1. The van der Waals surface area contributed by atoms with E-state index < -0.39 is 11.6 Å². The topological polar surface area (TPSA) is 74.6 Å². The summed E-state index contributed by atoms with van der Waals surface area (Å²) in [6.45, 7) is 0. The first-order chi connectivity index (χ1) is 12.5. The Morgan fingerprint density at radius 2 is 1.92 bits per heavy atom. The molecule has 4 heteroatoms. The van der Waals surface area contributed by atoms with Gasteiger partial charge in [0.2, 0.25) is 0 Å². The minimum atomic E-state index is -0.764. The van der Waals surface area contributed by atoms with Crippen molar-refractivity contribution in [2.45, 2.75) is 69.3 Å². The molecule has 1 aromatic carbocycles. The van der Waals surface area contributed by atoms with Crippen molar-refractivity contribution in [1.29, 1.82) is 0 Å². The number of aliphatic hydroxyl groups is 1. The smallest absolute Gasteiger partial charge is 0.303 e. The Bertz CT molecular complexity index is 670. The monoisotopic (exact) mass is 356 g/mol. The molecule has 2 saturated carbocycles. The van der Waals surface area contributed by atoms with Gasteiger partial charge in [0.25, 0.3) is 0 Å². The number of hydrogen-bond donors (Lipinski definition) is 2. The van der Waals surface area contributed by atoms with E-state index in [4.69, 9.17) is 5.11 Å². The van der Waals surface area contributed by atoms with Crippen LogP contribution in [0.4, 0.5) is 0 Å². The summed E-state index contributed by atoms with van der Waals surface area (Å²) < 4.78 is 0.